The molecule has 0 aromatic rings. The number of methoxy groups -OCH3 is 2. The number of ketones is 2. The van der Waals surface area contributed by atoms with Crippen molar-refractivity contribution in [1.82, 2.24) is 0 Å². The molecule has 0 bridgehead atoms. The summed E-state index contributed by atoms with van der Waals surface area (Å²) in [4.78, 5) is 78.0. The van der Waals surface area contributed by atoms with Crippen LogP contribution >= 0.6 is 0 Å². The number of hydrogen-bond donors (Lipinski definition) is 1. The van der Waals surface area contributed by atoms with E-state index in [2.05, 4.69) is 13.9 Å². The Labute approximate surface area is 421 Å². The summed E-state index contributed by atoms with van der Waals surface area (Å²) in [7, 11) is 2.88. The van der Waals surface area contributed by atoms with Crippen LogP contribution in [0.3, 0.4) is 0 Å². The number of ether oxygens (including phenoxy) is 4. The number of carbonyl (C=O) groups is 7. The lowest BCUT2D eigenvalue weighted by Gasteiger charge is -2.24. The van der Waals surface area contributed by atoms with E-state index >= 15 is 0 Å². The third-order valence-corrected chi connectivity index (χ3v) is 14.9. The summed E-state index contributed by atoms with van der Waals surface area (Å²) in [5.74, 6) is 0.590. The summed E-state index contributed by atoms with van der Waals surface area (Å²) >= 11 is 0. The average Bonchev–Trinajstić information content (AvgIpc) is 4.10. The third-order valence-electron chi connectivity index (χ3n) is 14.9. The van der Waals surface area contributed by atoms with Gasteiger partial charge in [0.2, 0.25) is 0 Å². The number of hydrogen-bond acceptors (Lipinski definition) is 11. The maximum Gasteiger partial charge on any atom is 0.308 e. The van der Waals surface area contributed by atoms with Crippen LogP contribution in [0.2, 0.25) is 0 Å². The normalized spacial score (nSPS) is 24.0. The molecular formula is C56H96N2O12+2. The van der Waals surface area contributed by atoms with E-state index in [1.807, 2.05) is 34.6 Å². The van der Waals surface area contributed by atoms with Gasteiger partial charge in [0.05, 0.1) is 51.1 Å². The Bertz CT molecular complexity index is 1690. The Morgan fingerprint density at radius 2 is 0.743 bits per heavy atom. The molecule has 6 fully saturated rings. The summed E-state index contributed by atoms with van der Waals surface area (Å²) in [6.45, 7) is 18.3. The van der Waals surface area contributed by atoms with Gasteiger partial charge in [0.25, 0.3) is 5.97 Å². The number of carboxylic acid groups (broad SMARTS) is 1. The third kappa shape index (κ3) is 23.5. The Balaban J connectivity index is 0.000000314. The molecule has 0 amide bonds. The highest BCUT2D eigenvalue weighted by molar-refractivity contribution is 5.85. The van der Waals surface area contributed by atoms with E-state index in [9.17, 15) is 28.8 Å². The van der Waals surface area contributed by atoms with E-state index in [0.717, 1.165) is 58.3 Å². The highest BCUT2D eigenvalue weighted by atomic mass is 16.5. The molecule has 14 heteroatoms. The number of carboxylic acids is 1. The average molecular weight is 989 g/mol. The second kappa shape index (κ2) is 35.2. The number of nitrogens with zero attached hydrogens (tertiary/aromatic N) is 2. The zero-order valence-electron chi connectivity index (χ0n) is 45.2. The molecule has 0 spiro atoms. The molecule has 8 atom stereocenters. The molecule has 4 saturated carbocycles. The van der Waals surface area contributed by atoms with Gasteiger partial charge in [0.15, 0.2) is 11.4 Å². The van der Waals surface area contributed by atoms with Gasteiger partial charge in [0.1, 0.15) is 37.7 Å². The van der Waals surface area contributed by atoms with E-state index in [0.29, 0.717) is 62.3 Å². The molecule has 6 rings (SSSR count). The minimum atomic E-state index is -0.833. The van der Waals surface area contributed by atoms with Crippen molar-refractivity contribution in [2.24, 2.45) is 47.3 Å². The lowest BCUT2D eigenvalue weighted by Crippen LogP contribution is -2.32. The van der Waals surface area contributed by atoms with Gasteiger partial charge < -0.3 is 24.1 Å². The van der Waals surface area contributed by atoms with Crippen molar-refractivity contribution < 1.29 is 66.8 Å². The highest BCUT2D eigenvalue weighted by Crippen LogP contribution is 2.31. The first-order chi connectivity index (χ1) is 33.5. The minimum absolute atomic E-state index is 0.0196. The Kier molecular flexibility index (Phi) is 31.3. The first-order valence-electron chi connectivity index (χ1n) is 27.4. The number of rotatable bonds is 14. The van der Waals surface area contributed by atoms with Crippen LogP contribution in [0.1, 0.15) is 203 Å². The number of Topliss-reactive ketones (excluding diaryl/α,β-unsaturated/α-hetero) is 2. The van der Waals surface area contributed by atoms with Crippen molar-refractivity contribution in [3.63, 3.8) is 0 Å². The van der Waals surface area contributed by atoms with Crippen molar-refractivity contribution in [3.8, 4) is 0 Å². The van der Waals surface area contributed by atoms with Crippen LogP contribution < -0.4 is 0 Å². The smallest absolute Gasteiger partial charge is 0.308 e. The molecule has 2 aliphatic heterocycles. The lowest BCUT2D eigenvalue weighted by atomic mass is 9.81. The van der Waals surface area contributed by atoms with Gasteiger partial charge in [-0.1, -0.05) is 53.4 Å². The van der Waals surface area contributed by atoms with E-state index in [-0.39, 0.29) is 59.4 Å². The second-order valence-electron chi connectivity index (χ2n) is 20.7. The quantitative estimate of drug-likeness (QED) is 0.0989. The van der Waals surface area contributed by atoms with Crippen LogP contribution in [0, 0.1) is 47.3 Å². The Hall–Kier alpha value is -3.97. The lowest BCUT2D eigenvalue weighted by molar-refractivity contribution is -0.510. The van der Waals surface area contributed by atoms with Gasteiger partial charge in [-0.3, -0.25) is 33.6 Å². The Morgan fingerprint density at radius 3 is 1.03 bits per heavy atom. The molecule has 1 N–H and O–H groups in total. The summed E-state index contributed by atoms with van der Waals surface area (Å²) in [5.41, 5.74) is 3.27. The van der Waals surface area contributed by atoms with E-state index in [1.54, 1.807) is 18.3 Å². The van der Waals surface area contributed by atoms with Gasteiger partial charge in [-0.2, -0.15) is 0 Å². The van der Waals surface area contributed by atoms with Gasteiger partial charge in [-0.25, -0.2) is 9.15 Å². The van der Waals surface area contributed by atoms with Crippen LogP contribution in [0.15, 0.2) is 0 Å². The molecule has 2 saturated heterocycles. The first kappa shape index (κ1) is 62.1. The zero-order chi connectivity index (χ0) is 52.0. The molecule has 0 aromatic heterocycles. The van der Waals surface area contributed by atoms with Crippen molar-refractivity contribution in [2.45, 2.75) is 203 Å². The summed E-state index contributed by atoms with van der Waals surface area (Å²) < 4.78 is 24.8. The Morgan fingerprint density at radius 1 is 0.471 bits per heavy atom. The highest BCUT2D eigenvalue weighted by Gasteiger charge is 2.34. The van der Waals surface area contributed by atoms with Crippen LogP contribution in [0.25, 0.3) is 0 Å². The van der Waals surface area contributed by atoms with Crippen LogP contribution in [-0.2, 0) is 52.5 Å². The predicted octanol–water partition coefficient (Wildman–Crippen LogP) is 10.0. The minimum Gasteiger partial charge on any atom is -0.481 e. The van der Waals surface area contributed by atoms with Crippen LogP contribution in [0.5, 0.6) is 0 Å². The number of esters is 4. The van der Waals surface area contributed by atoms with Gasteiger partial charge in [0, 0.05) is 82.0 Å². The fraction of sp³-hybridized carbons (Fsp3) is 0.839. The molecule has 0 aromatic carbocycles. The number of aliphatic carboxylic acids is 1. The van der Waals surface area contributed by atoms with Crippen LogP contribution in [0.4, 0.5) is 0 Å². The summed E-state index contributed by atoms with van der Waals surface area (Å²) in [6, 6.07) is 0. The maximum absolute atomic E-state index is 11.8. The maximum atomic E-state index is 11.8. The molecule has 0 radical (unpaired) electrons. The number of carbonyl (C=O) groups excluding carboxylic acids is 6. The van der Waals surface area contributed by atoms with Gasteiger partial charge in [-0.15, -0.1) is 0 Å². The van der Waals surface area contributed by atoms with E-state index in [1.165, 1.54) is 117 Å². The molecule has 4 aliphatic carbocycles. The first-order valence-corrected chi connectivity index (χ1v) is 27.4. The van der Waals surface area contributed by atoms with Crippen molar-refractivity contribution in [1.29, 1.82) is 0 Å². The SMILES string of the molecule is CC(=O)O.CCOC(=O)C(C)CC1CCCCC1=O.CCOC(=O)C(C)CC1CCCCC1=[N+]1CCCC1.COC(=O)C(C)CC1CCCCC1=O.COC(=O)C(C)CC1CCCCC1=[N+]1CCCC1. The monoisotopic (exact) mass is 989 g/mol. The fourth-order valence-electron chi connectivity index (χ4n) is 11.2. The molecule has 14 nitrogen and oxygen atoms in total. The standard InChI is InChI=1S/C16H28NO2.C15H26NO2.C12H20O3.C11H18O3.C2H4O2/c1-3-19-16(18)13(2)12-14-8-4-5-9-15(14)17-10-6-7-11-17;1-12(15(17)18-2)11-13-7-3-4-8-14(13)16-9-5-6-10-16;1-3-15-12(14)9(2)8-10-6-4-5-7-11(10)13;1-8(11(13)14-2)7-9-5-3-4-6-10(9)12;1-2(3)4/h13-14H,3-12H2,1-2H3;12-13H,3-11H2,1-2H3;9-10H,3-8H2,1-2H3;8-9H,3-7H2,1-2H3;1H3,(H,3,4)/q2*+1;;;. The van der Waals surface area contributed by atoms with E-state index < -0.39 is 5.97 Å². The summed E-state index contributed by atoms with van der Waals surface area (Å²) in [5, 5.41) is 7.42. The predicted molar refractivity (Wildman–Crippen MR) is 272 cm³/mol. The largest absolute Gasteiger partial charge is 0.481 e. The zero-order valence-corrected chi connectivity index (χ0v) is 45.2. The van der Waals surface area contributed by atoms with Gasteiger partial charge >= 0.3 is 23.9 Å². The molecule has 70 heavy (non-hydrogen) atoms. The molecule has 6 aliphatic rings. The topological polar surface area (TPSA) is 183 Å². The summed E-state index contributed by atoms with van der Waals surface area (Å²) in [6.07, 6.45) is 26.5. The van der Waals surface area contributed by atoms with Crippen molar-refractivity contribution in [3.05, 3.63) is 0 Å². The van der Waals surface area contributed by atoms with Crippen molar-refractivity contribution >= 4 is 52.8 Å². The molecule has 2 heterocycles. The van der Waals surface area contributed by atoms with Crippen LogP contribution in [-0.4, -0.2) is 121 Å². The molecule has 400 valence electrons. The molecular weight excluding hydrogens is 893 g/mol. The van der Waals surface area contributed by atoms with Gasteiger partial charge in [-0.05, 0) is 90.9 Å². The van der Waals surface area contributed by atoms with E-state index in [4.69, 9.17) is 24.1 Å². The van der Waals surface area contributed by atoms with Crippen molar-refractivity contribution in [2.75, 3.05) is 53.6 Å². The molecule has 8 unspecified atom stereocenters. The second-order valence-corrected chi connectivity index (χ2v) is 20.7. The fourth-order valence-corrected chi connectivity index (χ4v) is 11.2.